The number of hydrogen-bond donors (Lipinski definition) is 1. The summed E-state index contributed by atoms with van der Waals surface area (Å²) >= 11 is 1.71. The molecule has 0 aliphatic carbocycles. The van der Waals surface area contributed by atoms with E-state index in [0.717, 1.165) is 46.7 Å². The number of anilines is 1. The predicted molar refractivity (Wildman–Crippen MR) is 128 cm³/mol. The number of rotatable bonds is 6. The quantitative estimate of drug-likeness (QED) is 0.444. The zero-order chi connectivity index (χ0) is 21.9. The van der Waals surface area contributed by atoms with E-state index in [0.29, 0.717) is 18.5 Å². The highest BCUT2D eigenvalue weighted by Crippen LogP contribution is 2.24. The van der Waals surface area contributed by atoms with Gasteiger partial charge in [0.05, 0.1) is 15.2 Å². The second kappa shape index (κ2) is 8.93. The van der Waals surface area contributed by atoms with Gasteiger partial charge in [-0.1, -0.05) is 36.4 Å². The zero-order valence-corrected chi connectivity index (χ0v) is 18.4. The number of amides is 2. The number of nitrogens with one attached hydrogen (secondary N) is 1. The van der Waals surface area contributed by atoms with Crippen molar-refractivity contribution in [2.45, 2.75) is 25.8 Å². The van der Waals surface area contributed by atoms with Gasteiger partial charge in [-0.05, 0) is 53.9 Å². The lowest BCUT2D eigenvalue weighted by molar-refractivity contribution is -0.128. The van der Waals surface area contributed by atoms with Crippen molar-refractivity contribution >= 4 is 39.1 Å². The summed E-state index contributed by atoms with van der Waals surface area (Å²) in [6.45, 7) is 1.35. The zero-order valence-electron chi connectivity index (χ0n) is 17.6. The van der Waals surface area contributed by atoms with Crippen molar-refractivity contribution < 1.29 is 9.59 Å². The third-order valence-corrected chi connectivity index (χ3v) is 6.68. The smallest absolute Gasteiger partial charge is 0.255 e. The van der Waals surface area contributed by atoms with E-state index in [1.165, 1.54) is 4.70 Å². The minimum atomic E-state index is -0.154. The fraction of sp³-hybridized carbons (Fsp3) is 0.192. The summed E-state index contributed by atoms with van der Waals surface area (Å²) in [6.07, 6.45) is 2.30. The van der Waals surface area contributed by atoms with Crippen LogP contribution in [0, 0.1) is 0 Å². The summed E-state index contributed by atoms with van der Waals surface area (Å²) in [5.41, 5.74) is 4.50. The SMILES string of the molecule is O=C(Nc1ccc(Cc2nc3ccccc3s2)cc1)c1cccc(CN2CCCC2=O)c1. The van der Waals surface area contributed by atoms with Gasteiger partial charge in [-0.2, -0.15) is 0 Å². The van der Waals surface area contributed by atoms with Crippen LogP contribution < -0.4 is 5.32 Å². The molecule has 1 N–H and O–H groups in total. The third-order valence-electron chi connectivity index (χ3n) is 5.64. The highest BCUT2D eigenvalue weighted by atomic mass is 32.1. The molecule has 32 heavy (non-hydrogen) atoms. The van der Waals surface area contributed by atoms with Crippen LogP contribution in [-0.2, 0) is 17.8 Å². The minimum absolute atomic E-state index is 0.154. The Morgan fingerprint density at radius 2 is 1.84 bits per heavy atom. The topological polar surface area (TPSA) is 62.3 Å². The van der Waals surface area contributed by atoms with Gasteiger partial charge >= 0.3 is 0 Å². The lowest BCUT2D eigenvalue weighted by Crippen LogP contribution is -2.24. The maximum atomic E-state index is 12.7. The number of fused-ring (bicyclic) bond motifs is 1. The standard InChI is InChI=1S/C26H23N3O2S/c30-25-9-4-14-29(25)17-19-5-3-6-20(15-19)26(31)27-21-12-10-18(11-13-21)16-24-28-22-7-1-2-8-23(22)32-24/h1-3,5-8,10-13,15H,4,9,14,16-17H2,(H,27,31). The van der Waals surface area contributed by atoms with Gasteiger partial charge in [-0.25, -0.2) is 4.98 Å². The highest BCUT2D eigenvalue weighted by Gasteiger charge is 2.20. The van der Waals surface area contributed by atoms with Crippen LogP contribution in [-0.4, -0.2) is 28.2 Å². The molecule has 1 aromatic heterocycles. The number of likely N-dealkylation sites (tertiary alicyclic amines) is 1. The molecular weight excluding hydrogens is 418 g/mol. The molecular formula is C26H23N3O2S. The Balaban J connectivity index is 1.22. The van der Waals surface area contributed by atoms with Crippen molar-refractivity contribution in [2.75, 3.05) is 11.9 Å². The van der Waals surface area contributed by atoms with Crippen molar-refractivity contribution in [3.8, 4) is 0 Å². The molecule has 1 fully saturated rings. The van der Waals surface area contributed by atoms with Crippen LogP contribution in [0.25, 0.3) is 10.2 Å². The van der Waals surface area contributed by atoms with E-state index in [1.54, 1.807) is 17.4 Å². The number of aromatic nitrogens is 1. The summed E-state index contributed by atoms with van der Waals surface area (Å²) in [7, 11) is 0. The van der Waals surface area contributed by atoms with Gasteiger partial charge in [0.25, 0.3) is 5.91 Å². The van der Waals surface area contributed by atoms with Crippen LogP contribution in [0.2, 0.25) is 0 Å². The third kappa shape index (κ3) is 4.55. The second-order valence-corrected chi connectivity index (χ2v) is 9.14. The lowest BCUT2D eigenvalue weighted by Gasteiger charge is -2.16. The molecule has 1 saturated heterocycles. The second-order valence-electron chi connectivity index (χ2n) is 8.02. The van der Waals surface area contributed by atoms with E-state index in [-0.39, 0.29) is 11.8 Å². The summed E-state index contributed by atoms with van der Waals surface area (Å²) in [5.74, 6) is 0.0318. The van der Waals surface area contributed by atoms with Crippen LogP contribution >= 0.6 is 11.3 Å². The van der Waals surface area contributed by atoms with Crippen molar-refractivity contribution in [3.05, 3.63) is 94.5 Å². The minimum Gasteiger partial charge on any atom is -0.338 e. The molecule has 2 amide bonds. The van der Waals surface area contributed by atoms with E-state index >= 15 is 0 Å². The molecule has 3 aromatic carbocycles. The maximum absolute atomic E-state index is 12.7. The van der Waals surface area contributed by atoms with Crippen LogP contribution in [0.5, 0.6) is 0 Å². The van der Waals surface area contributed by atoms with Gasteiger partial charge in [0.2, 0.25) is 5.91 Å². The molecule has 5 nitrogen and oxygen atoms in total. The van der Waals surface area contributed by atoms with Crippen molar-refractivity contribution in [1.29, 1.82) is 0 Å². The Hall–Kier alpha value is -3.51. The summed E-state index contributed by atoms with van der Waals surface area (Å²) in [4.78, 5) is 31.2. The Morgan fingerprint density at radius 3 is 2.62 bits per heavy atom. The average Bonchev–Trinajstić information content (AvgIpc) is 3.40. The number of carbonyl (C=O) groups excluding carboxylic acids is 2. The molecule has 2 heterocycles. The highest BCUT2D eigenvalue weighted by molar-refractivity contribution is 7.18. The van der Waals surface area contributed by atoms with Crippen LogP contribution in [0.4, 0.5) is 5.69 Å². The Labute approximate surface area is 190 Å². The normalized spacial score (nSPS) is 13.6. The van der Waals surface area contributed by atoms with Gasteiger partial charge in [0.1, 0.15) is 0 Å². The molecule has 6 heteroatoms. The van der Waals surface area contributed by atoms with Gasteiger partial charge in [0, 0.05) is 37.2 Å². The van der Waals surface area contributed by atoms with Crippen LogP contribution in [0.3, 0.4) is 0 Å². The molecule has 5 rings (SSSR count). The number of hydrogen-bond acceptors (Lipinski definition) is 4. The predicted octanol–water partition coefficient (Wildman–Crippen LogP) is 5.26. The number of carbonyl (C=O) groups is 2. The van der Waals surface area contributed by atoms with Gasteiger partial charge < -0.3 is 10.2 Å². The molecule has 1 aliphatic rings. The van der Waals surface area contributed by atoms with Gasteiger partial charge in [0.15, 0.2) is 0 Å². The Bertz CT molecular complexity index is 1250. The van der Waals surface area contributed by atoms with Crippen molar-refractivity contribution in [3.63, 3.8) is 0 Å². The molecule has 1 aliphatic heterocycles. The van der Waals surface area contributed by atoms with Crippen molar-refractivity contribution in [1.82, 2.24) is 9.88 Å². The molecule has 160 valence electrons. The number of nitrogens with zero attached hydrogens (tertiary/aromatic N) is 2. The number of thiazole rings is 1. The fourth-order valence-electron chi connectivity index (χ4n) is 3.98. The first-order chi connectivity index (χ1) is 15.6. The van der Waals surface area contributed by atoms with Crippen LogP contribution in [0.1, 0.15) is 39.3 Å². The molecule has 0 unspecified atom stereocenters. The van der Waals surface area contributed by atoms with Crippen LogP contribution in [0.15, 0.2) is 72.8 Å². The molecule has 0 bridgehead atoms. The van der Waals surface area contributed by atoms with E-state index in [9.17, 15) is 9.59 Å². The van der Waals surface area contributed by atoms with Crippen molar-refractivity contribution in [2.24, 2.45) is 0 Å². The number of para-hydroxylation sites is 1. The molecule has 0 radical (unpaired) electrons. The largest absolute Gasteiger partial charge is 0.338 e. The van der Waals surface area contributed by atoms with E-state index in [1.807, 2.05) is 65.6 Å². The Morgan fingerprint density at radius 1 is 1.00 bits per heavy atom. The lowest BCUT2D eigenvalue weighted by atomic mass is 10.1. The fourth-order valence-corrected chi connectivity index (χ4v) is 4.98. The monoisotopic (exact) mass is 441 g/mol. The van der Waals surface area contributed by atoms with E-state index in [2.05, 4.69) is 11.4 Å². The van der Waals surface area contributed by atoms with Gasteiger partial charge in [-0.15, -0.1) is 11.3 Å². The summed E-state index contributed by atoms with van der Waals surface area (Å²) in [6, 6.07) is 23.5. The van der Waals surface area contributed by atoms with Gasteiger partial charge in [-0.3, -0.25) is 9.59 Å². The maximum Gasteiger partial charge on any atom is 0.255 e. The molecule has 4 aromatic rings. The first-order valence-corrected chi connectivity index (χ1v) is 11.6. The first-order valence-electron chi connectivity index (χ1n) is 10.8. The van der Waals surface area contributed by atoms with E-state index < -0.39 is 0 Å². The molecule has 0 saturated carbocycles. The molecule has 0 atom stereocenters. The summed E-state index contributed by atoms with van der Waals surface area (Å²) < 4.78 is 1.20. The Kier molecular flexibility index (Phi) is 5.69. The average molecular weight is 442 g/mol. The molecule has 0 spiro atoms. The number of benzene rings is 3. The summed E-state index contributed by atoms with van der Waals surface area (Å²) in [5, 5.41) is 4.05. The first kappa shape index (κ1) is 20.4. The van der Waals surface area contributed by atoms with E-state index in [4.69, 9.17) is 4.98 Å².